The lowest BCUT2D eigenvalue weighted by Crippen LogP contribution is -2.70. The number of nitrogens with zero attached hydrogens (tertiary/aromatic N) is 1. The van der Waals surface area contributed by atoms with Crippen molar-refractivity contribution in [3.05, 3.63) is 0 Å². The number of rotatable bonds is 2. The van der Waals surface area contributed by atoms with Gasteiger partial charge in [0.2, 0.25) is 0 Å². The van der Waals surface area contributed by atoms with Crippen LogP contribution in [-0.2, 0) is 9.47 Å². The van der Waals surface area contributed by atoms with E-state index < -0.39 is 11.6 Å². The zero-order valence-electron chi connectivity index (χ0n) is 9.92. The highest BCUT2D eigenvalue weighted by Gasteiger charge is 2.52. The molecule has 3 fully saturated rings. The Balaban J connectivity index is 1.42. The van der Waals surface area contributed by atoms with Crippen molar-refractivity contribution in [2.75, 3.05) is 26.3 Å². The van der Waals surface area contributed by atoms with E-state index in [2.05, 4.69) is 5.32 Å². The van der Waals surface area contributed by atoms with Crippen molar-refractivity contribution in [3.8, 4) is 0 Å². The number of alkyl carbamates (subject to hydrolysis) is 1. The average Bonchev–Trinajstić information content (AvgIpc) is 2.63. The van der Waals surface area contributed by atoms with Crippen LogP contribution < -0.4 is 5.32 Å². The van der Waals surface area contributed by atoms with Crippen LogP contribution in [0.4, 0.5) is 9.59 Å². The van der Waals surface area contributed by atoms with Crippen LogP contribution in [0.25, 0.3) is 0 Å². The Bertz CT molecular complexity index is 374. The summed E-state index contributed by atoms with van der Waals surface area (Å²) in [6, 6.07) is 0. The largest absolute Gasteiger partial charge is 0.447 e. The van der Waals surface area contributed by atoms with Gasteiger partial charge in [0.15, 0.2) is 0 Å². The summed E-state index contributed by atoms with van der Waals surface area (Å²) in [5.41, 5.74) is -0.399. The molecule has 0 bridgehead atoms. The number of carbonyl (C=O) groups is 2. The smallest absolute Gasteiger partial charge is 0.410 e. The second-order valence-corrected chi connectivity index (χ2v) is 5.36. The monoisotopic (exact) mass is 256 g/mol. The quantitative estimate of drug-likeness (QED) is 0.707. The number of likely N-dealkylation sites (tertiary alicyclic amines) is 1. The number of aliphatic hydroxyl groups is 1. The molecule has 1 aliphatic carbocycles. The first-order valence-electron chi connectivity index (χ1n) is 6.12. The fourth-order valence-corrected chi connectivity index (χ4v) is 2.61. The average molecular weight is 256 g/mol. The predicted octanol–water partition coefficient (Wildman–Crippen LogP) is -0.312. The van der Waals surface area contributed by atoms with Crippen LogP contribution in [0.1, 0.15) is 12.8 Å². The minimum absolute atomic E-state index is 0.0689. The maximum Gasteiger partial charge on any atom is 0.410 e. The number of hydrogen-bond donors (Lipinski definition) is 2. The third kappa shape index (κ3) is 1.88. The Morgan fingerprint density at radius 3 is 2.83 bits per heavy atom. The Morgan fingerprint density at radius 1 is 1.56 bits per heavy atom. The summed E-state index contributed by atoms with van der Waals surface area (Å²) >= 11 is 0. The van der Waals surface area contributed by atoms with E-state index >= 15 is 0 Å². The van der Waals surface area contributed by atoms with E-state index in [0.717, 1.165) is 12.8 Å². The van der Waals surface area contributed by atoms with Gasteiger partial charge in [0.05, 0.1) is 13.1 Å². The van der Waals surface area contributed by atoms with Crippen LogP contribution in [0.5, 0.6) is 0 Å². The summed E-state index contributed by atoms with van der Waals surface area (Å²) in [6.45, 7) is 1.34. The van der Waals surface area contributed by atoms with Gasteiger partial charge in [-0.2, -0.15) is 0 Å². The number of aliphatic hydroxyl groups excluding tert-OH is 1. The zero-order valence-corrected chi connectivity index (χ0v) is 9.92. The lowest BCUT2D eigenvalue weighted by atomic mass is 9.83. The van der Waals surface area contributed by atoms with Crippen LogP contribution in [-0.4, -0.2) is 60.1 Å². The molecule has 2 saturated heterocycles. The summed E-state index contributed by atoms with van der Waals surface area (Å²) in [5, 5.41) is 11.6. The Hall–Kier alpha value is -1.50. The summed E-state index contributed by atoms with van der Waals surface area (Å²) in [5.74, 6) is 0.271. The first kappa shape index (κ1) is 11.6. The Labute approximate surface area is 104 Å². The molecule has 3 rings (SSSR count). The Kier molecular flexibility index (Phi) is 2.58. The molecule has 18 heavy (non-hydrogen) atoms. The number of ether oxygens (including phenoxy) is 2. The Morgan fingerprint density at radius 2 is 2.28 bits per heavy atom. The molecule has 7 heteroatoms. The minimum Gasteiger partial charge on any atom is -0.447 e. The highest BCUT2D eigenvalue weighted by Crippen LogP contribution is 2.32. The topological polar surface area (TPSA) is 88.1 Å². The molecule has 2 aliphatic heterocycles. The first-order chi connectivity index (χ1) is 8.60. The number of cyclic esters (lactones) is 1. The maximum atomic E-state index is 11.7. The van der Waals surface area contributed by atoms with Crippen molar-refractivity contribution in [2.45, 2.75) is 24.5 Å². The SMILES string of the molecule is O=C1NC2(CO1)CN(C(=O)O[C@H]1C[C@@H](CO)C1)C2. The molecule has 2 N–H and O–H groups in total. The fraction of sp³-hybridized carbons (Fsp3) is 0.818. The van der Waals surface area contributed by atoms with Gasteiger partial charge in [-0.15, -0.1) is 0 Å². The van der Waals surface area contributed by atoms with E-state index in [1.165, 1.54) is 0 Å². The standard InChI is InChI=1S/C11H16N2O5/c14-3-7-1-8(2-7)18-10(16)13-4-11(5-13)6-17-9(15)12-11/h7-8,14H,1-6H2,(H,12,15)/t7-,8+. The van der Waals surface area contributed by atoms with Crippen molar-refractivity contribution in [1.29, 1.82) is 0 Å². The van der Waals surface area contributed by atoms with E-state index in [1.54, 1.807) is 4.90 Å². The molecule has 0 aromatic rings. The number of hydrogen-bond acceptors (Lipinski definition) is 5. The molecular weight excluding hydrogens is 240 g/mol. The van der Waals surface area contributed by atoms with Crippen molar-refractivity contribution >= 4 is 12.2 Å². The molecule has 100 valence electrons. The minimum atomic E-state index is -0.423. The van der Waals surface area contributed by atoms with Gasteiger partial charge in [-0.1, -0.05) is 0 Å². The summed E-state index contributed by atoms with van der Waals surface area (Å²) in [6.07, 6.45) is 0.638. The normalized spacial score (nSPS) is 32.3. The molecule has 0 atom stereocenters. The van der Waals surface area contributed by atoms with Crippen molar-refractivity contribution < 1.29 is 24.2 Å². The highest BCUT2D eigenvalue weighted by molar-refractivity contribution is 5.74. The van der Waals surface area contributed by atoms with Crippen LogP contribution in [0, 0.1) is 5.92 Å². The lowest BCUT2D eigenvalue weighted by Gasteiger charge is -2.46. The molecule has 1 saturated carbocycles. The van der Waals surface area contributed by atoms with Gasteiger partial charge >= 0.3 is 12.2 Å². The summed E-state index contributed by atoms with van der Waals surface area (Å²) < 4.78 is 10.1. The predicted molar refractivity (Wildman–Crippen MR) is 58.9 cm³/mol. The van der Waals surface area contributed by atoms with E-state index in [-0.39, 0.29) is 24.7 Å². The molecule has 0 aromatic carbocycles. The number of amides is 2. The lowest BCUT2D eigenvalue weighted by molar-refractivity contribution is -0.0379. The van der Waals surface area contributed by atoms with Gasteiger partial charge in [-0.05, 0) is 18.8 Å². The summed E-state index contributed by atoms with van der Waals surface area (Å²) in [7, 11) is 0. The molecule has 7 nitrogen and oxygen atoms in total. The molecule has 2 heterocycles. The number of carbonyl (C=O) groups excluding carboxylic acids is 2. The zero-order chi connectivity index (χ0) is 12.8. The van der Waals surface area contributed by atoms with Gasteiger partial charge in [-0.25, -0.2) is 9.59 Å². The first-order valence-corrected chi connectivity index (χ1v) is 6.12. The molecule has 0 radical (unpaired) electrons. The van der Waals surface area contributed by atoms with E-state index in [9.17, 15) is 9.59 Å². The van der Waals surface area contributed by atoms with Gasteiger partial charge < -0.3 is 24.8 Å². The third-order valence-electron chi connectivity index (χ3n) is 3.81. The van der Waals surface area contributed by atoms with Crippen molar-refractivity contribution in [2.24, 2.45) is 5.92 Å². The second kappa shape index (κ2) is 4.01. The number of nitrogens with one attached hydrogen (secondary N) is 1. The molecule has 0 unspecified atom stereocenters. The van der Waals surface area contributed by atoms with E-state index in [4.69, 9.17) is 14.6 Å². The van der Waals surface area contributed by atoms with Crippen LogP contribution in [0.15, 0.2) is 0 Å². The maximum absolute atomic E-state index is 11.7. The van der Waals surface area contributed by atoms with Crippen molar-refractivity contribution in [3.63, 3.8) is 0 Å². The fourth-order valence-electron chi connectivity index (χ4n) is 2.61. The van der Waals surface area contributed by atoms with Crippen LogP contribution >= 0.6 is 0 Å². The molecule has 0 aromatic heterocycles. The molecule has 2 amide bonds. The van der Waals surface area contributed by atoms with Gasteiger partial charge in [-0.3, -0.25) is 0 Å². The third-order valence-corrected chi connectivity index (χ3v) is 3.81. The van der Waals surface area contributed by atoms with Crippen LogP contribution in [0.2, 0.25) is 0 Å². The van der Waals surface area contributed by atoms with E-state index in [0.29, 0.717) is 19.7 Å². The van der Waals surface area contributed by atoms with Gasteiger partial charge in [0.1, 0.15) is 18.2 Å². The molecule has 3 aliphatic rings. The van der Waals surface area contributed by atoms with Crippen LogP contribution in [0.3, 0.4) is 0 Å². The highest BCUT2D eigenvalue weighted by atomic mass is 16.6. The molecule has 1 spiro atoms. The second-order valence-electron chi connectivity index (χ2n) is 5.36. The van der Waals surface area contributed by atoms with Gasteiger partial charge in [0.25, 0.3) is 0 Å². The molecular formula is C11H16N2O5. The van der Waals surface area contributed by atoms with Gasteiger partial charge in [0, 0.05) is 6.61 Å². The van der Waals surface area contributed by atoms with Crippen molar-refractivity contribution in [1.82, 2.24) is 10.2 Å². The summed E-state index contributed by atoms with van der Waals surface area (Å²) in [4.78, 5) is 24.2. The van der Waals surface area contributed by atoms with E-state index in [1.807, 2.05) is 0 Å².